The fourth-order valence-corrected chi connectivity index (χ4v) is 2.24. The highest BCUT2D eigenvalue weighted by Crippen LogP contribution is 2.21. The summed E-state index contributed by atoms with van der Waals surface area (Å²) in [6, 6.07) is 13.8. The van der Waals surface area contributed by atoms with Gasteiger partial charge in [-0.1, -0.05) is 37.6 Å². The minimum absolute atomic E-state index is 0.0936. The molecule has 0 saturated heterocycles. The van der Waals surface area contributed by atoms with Gasteiger partial charge in [0.25, 0.3) is 5.91 Å². The van der Waals surface area contributed by atoms with Crippen LogP contribution in [0.15, 0.2) is 42.5 Å². The minimum Gasteiger partial charge on any atom is -0.387 e. The van der Waals surface area contributed by atoms with Gasteiger partial charge in [0.2, 0.25) is 0 Å². The summed E-state index contributed by atoms with van der Waals surface area (Å²) in [5.41, 5.74) is 4.60. The fraction of sp³-hybridized carbons (Fsp3) is 0.278. The Balaban J connectivity index is 2.26. The molecule has 0 aliphatic carbocycles. The first kappa shape index (κ1) is 15.1. The monoisotopic (exact) mass is 282 g/mol. The zero-order valence-corrected chi connectivity index (χ0v) is 13.0. The third-order valence-corrected chi connectivity index (χ3v) is 3.50. The molecule has 110 valence electrons. The minimum atomic E-state index is -0.0936. The highest BCUT2D eigenvalue weighted by Gasteiger charge is 2.11. The van der Waals surface area contributed by atoms with Crippen LogP contribution in [-0.4, -0.2) is 13.0 Å². The summed E-state index contributed by atoms with van der Waals surface area (Å²) in [6.45, 7) is 6.26. The second-order valence-electron chi connectivity index (χ2n) is 5.53. The van der Waals surface area contributed by atoms with Crippen LogP contribution in [-0.2, 0) is 0 Å². The predicted octanol–water partition coefficient (Wildman–Crippen LogP) is 4.41. The number of carbonyl (C=O) groups is 1. The van der Waals surface area contributed by atoms with Gasteiger partial charge in [-0.3, -0.25) is 4.79 Å². The second kappa shape index (κ2) is 6.44. The second-order valence-corrected chi connectivity index (χ2v) is 5.53. The van der Waals surface area contributed by atoms with Gasteiger partial charge in [0.15, 0.2) is 0 Å². The molecule has 3 nitrogen and oxygen atoms in total. The number of aryl methyl sites for hydroxylation is 1. The largest absolute Gasteiger partial charge is 0.387 e. The molecular formula is C18H22N2O. The summed E-state index contributed by atoms with van der Waals surface area (Å²) in [7, 11) is 1.82. The van der Waals surface area contributed by atoms with Gasteiger partial charge in [0.1, 0.15) is 0 Å². The average Bonchev–Trinajstić information content (AvgIpc) is 2.47. The Morgan fingerprint density at radius 2 is 1.86 bits per heavy atom. The van der Waals surface area contributed by atoms with E-state index in [0.29, 0.717) is 11.5 Å². The van der Waals surface area contributed by atoms with Crippen molar-refractivity contribution >= 4 is 17.3 Å². The lowest BCUT2D eigenvalue weighted by Crippen LogP contribution is -2.14. The van der Waals surface area contributed by atoms with E-state index >= 15 is 0 Å². The van der Waals surface area contributed by atoms with E-state index < -0.39 is 0 Å². The van der Waals surface area contributed by atoms with Gasteiger partial charge in [-0.2, -0.15) is 0 Å². The number of benzene rings is 2. The SMILES string of the molecule is CNc1ccc(C)cc1C(=O)Nc1cccc(C(C)C)c1. The number of hydrogen-bond acceptors (Lipinski definition) is 2. The van der Waals surface area contributed by atoms with Gasteiger partial charge in [0, 0.05) is 18.4 Å². The van der Waals surface area contributed by atoms with Crippen molar-refractivity contribution in [3.8, 4) is 0 Å². The number of carbonyl (C=O) groups excluding carboxylic acids is 1. The van der Waals surface area contributed by atoms with E-state index in [-0.39, 0.29) is 5.91 Å². The molecule has 0 unspecified atom stereocenters. The van der Waals surface area contributed by atoms with E-state index in [9.17, 15) is 4.79 Å². The van der Waals surface area contributed by atoms with Crippen LogP contribution in [0.1, 0.15) is 41.3 Å². The molecule has 2 aromatic carbocycles. The maximum atomic E-state index is 12.5. The van der Waals surface area contributed by atoms with E-state index in [1.807, 2.05) is 50.4 Å². The van der Waals surface area contributed by atoms with Gasteiger partial charge in [-0.25, -0.2) is 0 Å². The van der Waals surface area contributed by atoms with E-state index in [2.05, 4.69) is 30.5 Å². The number of anilines is 2. The Morgan fingerprint density at radius 1 is 1.10 bits per heavy atom. The predicted molar refractivity (Wildman–Crippen MR) is 89.2 cm³/mol. The summed E-state index contributed by atoms with van der Waals surface area (Å²) < 4.78 is 0. The summed E-state index contributed by atoms with van der Waals surface area (Å²) in [4.78, 5) is 12.5. The van der Waals surface area contributed by atoms with Crippen LogP contribution in [0.3, 0.4) is 0 Å². The topological polar surface area (TPSA) is 41.1 Å². The van der Waals surface area contributed by atoms with Crippen LogP contribution in [0.2, 0.25) is 0 Å². The van der Waals surface area contributed by atoms with Crippen molar-refractivity contribution in [3.63, 3.8) is 0 Å². The van der Waals surface area contributed by atoms with Crippen molar-refractivity contribution in [1.82, 2.24) is 0 Å². The molecule has 0 fully saturated rings. The normalized spacial score (nSPS) is 10.5. The molecular weight excluding hydrogens is 260 g/mol. The van der Waals surface area contributed by atoms with Crippen LogP contribution in [0.4, 0.5) is 11.4 Å². The maximum Gasteiger partial charge on any atom is 0.257 e. The highest BCUT2D eigenvalue weighted by atomic mass is 16.1. The number of nitrogens with one attached hydrogen (secondary N) is 2. The van der Waals surface area contributed by atoms with Gasteiger partial charge < -0.3 is 10.6 Å². The average molecular weight is 282 g/mol. The Labute approximate surface area is 126 Å². The lowest BCUT2D eigenvalue weighted by molar-refractivity contribution is 0.102. The molecule has 0 aromatic heterocycles. The Bertz CT molecular complexity index is 647. The van der Waals surface area contributed by atoms with E-state index in [0.717, 1.165) is 16.9 Å². The summed E-state index contributed by atoms with van der Waals surface area (Å²) in [5.74, 6) is 0.345. The molecule has 0 atom stereocenters. The van der Waals surface area contributed by atoms with Crippen LogP contribution >= 0.6 is 0 Å². The van der Waals surface area contributed by atoms with Gasteiger partial charge in [-0.05, 0) is 42.7 Å². The standard InChI is InChI=1S/C18H22N2O/c1-12(2)14-6-5-7-15(11-14)20-18(21)16-10-13(3)8-9-17(16)19-4/h5-12,19H,1-4H3,(H,20,21). The van der Waals surface area contributed by atoms with Gasteiger partial charge in [-0.15, -0.1) is 0 Å². The molecule has 1 amide bonds. The Hall–Kier alpha value is -2.29. The molecule has 3 heteroatoms. The zero-order valence-electron chi connectivity index (χ0n) is 13.0. The molecule has 0 aliphatic heterocycles. The van der Waals surface area contributed by atoms with Crippen LogP contribution in [0.25, 0.3) is 0 Å². The first-order valence-corrected chi connectivity index (χ1v) is 7.21. The molecule has 0 bridgehead atoms. The molecule has 0 saturated carbocycles. The Morgan fingerprint density at radius 3 is 2.52 bits per heavy atom. The van der Waals surface area contributed by atoms with E-state index in [4.69, 9.17) is 0 Å². The summed E-state index contributed by atoms with van der Waals surface area (Å²) in [6.07, 6.45) is 0. The number of amides is 1. The fourth-order valence-electron chi connectivity index (χ4n) is 2.24. The van der Waals surface area contributed by atoms with Crippen molar-refractivity contribution in [2.75, 3.05) is 17.7 Å². The van der Waals surface area contributed by atoms with Crippen molar-refractivity contribution in [3.05, 3.63) is 59.2 Å². The quantitative estimate of drug-likeness (QED) is 0.872. The van der Waals surface area contributed by atoms with Crippen molar-refractivity contribution < 1.29 is 4.79 Å². The molecule has 2 rings (SSSR count). The summed E-state index contributed by atoms with van der Waals surface area (Å²) in [5, 5.41) is 6.03. The summed E-state index contributed by atoms with van der Waals surface area (Å²) >= 11 is 0. The lowest BCUT2D eigenvalue weighted by atomic mass is 10.0. The highest BCUT2D eigenvalue weighted by molar-refractivity contribution is 6.08. The first-order chi connectivity index (χ1) is 10.0. The van der Waals surface area contributed by atoms with Crippen molar-refractivity contribution in [2.45, 2.75) is 26.7 Å². The van der Waals surface area contributed by atoms with Crippen LogP contribution in [0.5, 0.6) is 0 Å². The van der Waals surface area contributed by atoms with Gasteiger partial charge >= 0.3 is 0 Å². The molecule has 0 spiro atoms. The number of rotatable bonds is 4. The third kappa shape index (κ3) is 3.63. The van der Waals surface area contributed by atoms with E-state index in [1.54, 1.807) is 0 Å². The molecule has 2 aromatic rings. The number of hydrogen-bond donors (Lipinski definition) is 2. The molecule has 0 radical (unpaired) electrons. The van der Waals surface area contributed by atoms with E-state index in [1.165, 1.54) is 5.56 Å². The third-order valence-electron chi connectivity index (χ3n) is 3.50. The molecule has 21 heavy (non-hydrogen) atoms. The zero-order chi connectivity index (χ0) is 15.4. The van der Waals surface area contributed by atoms with Gasteiger partial charge in [0.05, 0.1) is 5.56 Å². The molecule has 0 aliphatic rings. The molecule has 2 N–H and O–H groups in total. The smallest absolute Gasteiger partial charge is 0.257 e. The maximum absolute atomic E-state index is 12.5. The lowest BCUT2D eigenvalue weighted by Gasteiger charge is -2.12. The Kier molecular flexibility index (Phi) is 4.63. The van der Waals surface area contributed by atoms with Crippen LogP contribution in [0, 0.1) is 6.92 Å². The van der Waals surface area contributed by atoms with Crippen LogP contribution < -0.4 is 10.6 Å². The first-order valence-electron chi connectivity index (χ1n) is 7.21. The molecule has 0 heterocycles. The van der Waals surface area contributed by atoms with Crippen molar-refractivity contribution in [1.29, 1.82) is 0 Å². The van der Waals surface area contributed by atoms with Crippen molar-refractivity contribution in [2.24, 2.45) is 0 Å².